The first-order valence-corrected chi connectivity index (χ1v) is 9.02. The summed E-state index contributed by atoms with van der Waals surface area (Å²) in [4.78, 5) is 14.2. The number of rotatable bonds is 5. The Labute approximate surface area is 156 Å². The van der Waals surface area contributed by atoms with Crippen molar-refractivity contribution in [3.05, 3.63) is 52.5 Å². The third-order valence-corrected chi connectivity index (χ3v) is 5.57. The molecule has 4 rings (SSSR count). The molecule has 0 bridgehead atoms. The largest absolute Gasteiger partial charge is 0.351 e. The molecule has 2 N–H and O–H groups in total. The normalized spacial score (nSPS) is 14.1. The summed E-state index contributed by atoms with van der Waals surface area (Å²) in [7, 11) is 0. The Bertz CT molecular complexity index is 870. The first kappa shape index (κ1) is 17.9. The second-order valence-corrected chi connectivity index (χ2v) is 7.32. The summed E-state index contributed by atoms with van der Waals surface area (Å²) in [6.07, 6.45) is 0. The van der Waals surface area contributed by atoms with Crippen molar-refractivity contribution in [1.82, 2.24) is 20.4 Å². The maximum atomic E-state index is 12.4. The monoisotopic (exact) mass is 376 g/mol. The van der Waals surface area contributed by atoms with E-state index in [4.69, 9.17) is 0 Å². The van der Waals surface area contributed by atoms with Gasteiger partial charge < -0.3 is 10.6 Å². The highest BCUT2D eigenvalue weighted by molar-refractivity contribution is 7.20. The molecule has 3 aromatic rings. The van der Waals surface area contributed by atoms with Crippen LogP contribution in [0.15, 0.2) is 36.4 Å². The SMILES string of the molecule is Cc1nn(Cc2ccccc2)c2sc(C(=O)NCC3CNC3)cc12.Cl. The summed E-state index contributed by atoms with van der Waals surface area (Å²) >= 11 is 1.52. The van der Waals surface area contributed by atoms with Gasteiger partial charge in [0.15, 0.2) is 0 Å². The molecule has 5 nitrogen and oxygen atoms in total. The molecule has 2 aromatic heterocycles. The van der Waals surface area contributed by atoms with Gasteiger partial charge in [-0.1, -0.05) is 30.3 Å². The van der Waals surface area contributed by atoms with Crippen LogP contribution in [0.3, 0.4) is 0 Å². The lowest BCUT2D eigenvalue weighted by molar-refractivity contribution is 0.0946. The standard InChI is InChI=1S/C18H20N4OS.ClH/c1-12-15-7-16(17(23)20-10-14-8-19-9-14)24-18(15)22(21-12)11-13-5-3-2-4-6-13;/h2-7,14,19H,8-11H2,1H3,(H,20,23);1H. The molecular weight excluding hydrogens is 356 g/mol. The Balaban J connectivity index is 0.00000182. The molecule has 0 aliphatic carbocycles. The zero-order valence-corrected chi connectivity index (χ0v) is 15.6. The molecule has 1 fully saturated rings. The van der Waals surface area contributed by atoms with E-state index in [0.29, 0.717) is 5.92 Å². The molecular formula is C18H21ClN4OS. The average molecular weight is 377 g/mol. The number of nitrogens with zero attached hydrogens (tertiary/aromatic N) is 2. The van der Waals surface area contributed by atoms with E-state index in [-0.39, 0.29) is 18.3 Å². The second kappa shape index (κ2) is 7.56. The van der Waals surface area contributed by atoms with Crippen molar-refractivity contribution in [2.24, 2.45) is 5.92 Å². The Morgan fingerprint density at radius 3 is 2.80 bits per heavy atom. The van der Waals surface area contributed by atoms with Crippen molar-refractivity contribution in [2.45, 2.75) is 13.5 Å². The quantitative estimate of drug-likeness (QED) is 0.719. The van der Waals surface area contributed by atoms with Gasteiger partial charge in [-0.05, 0) is 18.6 Å². The molecule has 7 heteroatoms. The number of thiophene rings is 1. The minimum Gasteiger partial charge on any atom is -0.351 e. The van der Waals surface area contributed by atoms with Crippen molar-refractivity contribution in [3.8, 4) is 0 Å². The molecule has 25 heavy (non-hydrogen) atoms. The van der Waals surface area contributed by atoms with Crippen molar-refractivity contribution >= 4 is 39.9 Å². The highest BCUT2D eigenvalue weighted by Gasteiger charge is 2.20. The van der Waals surface area contributed by atoms with Crippen LogP contribution in [0.4, 0.5) is 0 Å². The van der Waals surface area contributed by atoms with E-state index >= 15 is 0 Å². The number of aryl methyl sites for hydroxylation is 1. The number of aromatic nitrogens is 2. The van der Waals surface area contributed by atoms with Crippen LogP contribution in [-0.4, -0.2) is 35.3 Å². The van der Waals surface area contributed by atoms with Crippen LogP contribution in [-0.2, 0) is 6.54 Å². The minimum atomic E-state index is 0. The van der Waals surface area contributed by atoms with Crippen molar-refractivity contribution in [1.29, 1.82) is 0 Å². The van der Waals surface area contributed by atoms with Gasteiger partial charge in [-0.25, -0.2) is 0 Å². The van der Waals surface area contributed by atoms with Gasteiger partial charge in [0, 0.05) is 30.9 Å². The molecule has 1 saturated heterocycles. The number of nitrogens with one attached hydrogen (secondary N) is 2. The van der Waals surface area contributed by atoms with Gasteiger partial charge in [0.05, 0.1) is 17.1 Å². The van der Waals surface area contributed by atoms with Gasteiger partial charge >= 0.3 is 0 Å². The zero-order valence-electron chi connectivity index (χ0n) is 14.0. The number of amides is 1. The summed E-state index contributed by atoms with van der Waals surface area (Å²) in [6.45, 7) is 5.46. The van der Waals surface area contributed by atoms with Gasteiger partial charge in [-0.2, -0.15) is 5.10 Å². The first-order chi connectivity index (χ1) is 11.7. The number of hydrogen-bond donors (Lipinski definition) is 2. The van der Waals surface area contributed by atoms with E-state index in [9.17, 15) is 4.79 Å². The molecule has 0 atom stereocenters. The molecule has 0 radical (unpaired) electrons. The van der Waals surface area contributed by atoms with Gasteiger partial charge in [-0.15, -0.1) is 23.7 Å². The van der Waals surface area contributed by atoms with Gasteiger partial charge in [0.25, 0.3) is 5.91 Å². The zero-order chi connectivity index (χ0) is 16.5. The van der Waals surface area contributed by atoms with E-state index in [1.54, 1.807) is 0 Å². The van der Waals surface area contributed by atoms with Crippen LogP contribution in [0, 0.1) is 12.8 Å². The number of halogens is 1. The van der Waals surface area contributed by atoms with Crippen molar-refractivity contribution in [3.63, 3.8) is 0 Å². The number of fused-ring (bicyclic) bond motifs is 1. The molecule has 1 aromatic carbocycles. The summed E-state index contributed by atoms with van der Waals surface area (Å²) < 4.78 is 2.00. The summed E-state index contributed by atoms with van der Waals surface area (Å²) in [5.41, 5.74) is 2.18. The van der Waals surface area contributed by atoms with Gasteiger partial charge in [0.2, 0.25) is 0 Å². The summed E-state index contributed by atoms with van der Waals surface area (Å²) in [5, 5.41) is 12.0. The topological polar surface area (TPSA) is 59.0 Å². The van der Waals surface area contributed by atoms with Crippen LogP contribution >= 0.6 is 23.7 Å². The Hall–Kier alpha value is -1.89. The predicted octanol–water partition coefficient (Wildman–Crippen LogP) is 2.83. The highest BCUT2D eigenvalue weighted by atomic mass is 35.5. The maximum Gasteiger partial charge on any atom is 0.261 e. The fourth-order valence-corrected chi connectivity index (χ4v) is 3.98. The number of carbonyl (C=O) groups is 1. The minimum absolute atomic E-state index is 0. The number of carbonyl (C=O) groups excluding carboxylic acids is 1. The number of benzene rings is 1. The van der Waals surface area contributed by atoms with Crippen LogP contribution in [0.1, 0.15) is 20.9 Å². The Morgan fingerprint density at radius 2 is 2.12 bits per heavy atom. The van der Waals surface area contributed by atoms with E-state index in [1.807, 2.05) is 35.9 Å². The summed E-state index contributed by atoms with van der Waals surface area (Å²) in [6, 6.07) is 12.2. The van der Waals surface area contributed by atoms with E-state index < -0.39 is 0 Å². The van der Waals surface area contributed by atoms with E-state index in [2.05, 4.69) is 27.9 Å². The fourth-order valence-electron chi connectivity index (χ4n) is 2.91. The predicted molar refractivity (Wildman–Crippen MR) is 104 cm³/mol. The van der Waals surface area contributed by atoms with Crippen molar-refractivity contribution in [2.75, 3.05) is 19.6 Å². The van der Waals surface area contributed by atoms with E-state index in [1.165, 1.54) is 16.9 Å². The Morgan fingerprint density at radius 1 is 1.36 bits per heavy atom. The molecule has 132 valence electrons. The fraction of sp³-hybridized carbons (Fsp3) is 0.333. The van der Waals surface area contributed by atoms with Crippen LogP contribution < -0.4 is 10.6 Å². The lowest BCUT2D eigenvalue weighted by Crippen LogP contribution is -2.48. The van der Waals surface area contributed by atoms with Gasteiger partial charge in [0.1, 0.15) is 4.83 Å². The first-order valence-electron chi connectivity index (χ1n) is 8.20. The lowest BCUT2D eigenvalue weighted by atomic mass is 10.0. The maximum absolute atomic E-state index is 12.4. The van der Waals surface area contributed by atoms with Crippen LogP contribution in [0.2, 0.25) is 0 Å². The molecule has 1 amide bonds. The molecule has 3 heterocycles. The second-order valence-electron chi connectivity index (χ2n) is 6.29. The third kappa shape index (κ3) is 3.71. The average Bonchev–Trinajstić information content (AvgIpc) is 3.09. The highest BCUT2D eigenvalue weighted by Crippen LogP contribution is 2.28. The summed E-state index contributed by atoms with van der Waals surface area (Å²) in [5.74, 6) is 0.590. The molecule has 1 aliphatic rings. The van der Waals surface area contributed by atoms with E-state index in [0.717, 1.165) is 47.0 Å². The smallest absolute Gasteiger partial charge is 0.261 e. The molecule has 0 saturated carbocycles. The lowest BCUT2D eigenvalue weighted by Gasteiger charge is -2.26. The Kier molecular flexibility index (Phi) is 5.42. The molecule has 1 aliphatic heterocycles. The van der Waals surface area contributed by atoms with Crippen molar-refractivity contribution < 1.29 is 4.79 Å². The van der Waals surface area contributed by atoms with Gasteiger partial charge in [-0.3, -0.25) is 9.48 Å². The van der Waals surface area contributed by atoms with Crippen LogP contribution in [0.25, 0.3) is 10.2 Å². The third-order valence-electron chi connectivity index (χ3n) is 4.42. The molecule has 0 spiro atoms. The number of hydrogen-bond acceptors (Lipinski definition) is 4. The molecule has 0 unspecified atom stereocenters. The van der Waals surface area contributed by atoms with Crippen LogP contribution in [0.5, 0.6) is 0 Å².